The van der Waals surface area contributed by atoms with Crippen LogP contribution in [0.5, 0.6) is 0 Å². The predicted octanol–water partition coefficient (Wildman–Crippen LogP) is 1.09. The fourth-order valence-electron chi connectivity index (χ4n) is 1.48. The van der Waals surface area contributed by atoms with Crippen molar-refractivity contribution in [1.82, 2.24) is 9.78 Å². The molecule has 1 heterocycles. The third-order valence-electron chi connectivity index (χ3n) is 2.44. The molecule has 0 fully saturated rings. The van der Waals surface area contributed by atoms with E-state index in [2.05, 4.69) is 10.4 Å². The number of hydrogen-bond acceptors (Lipinski definition) is 3. The fourth-order valence-corrected chi connectivity index (χ4v) is 1.48. The van der Waals surface area contributed by atoms with Crippen LogP contribution in [0.2, 0.25) is 0 Å². The molecule has 0 saturated carbocycles. The van der Waals surface area contributed by atoms with Crippen LogP contribution < -0.4 is 5.32 Å². The van der Waals surface area contributed by atoms with Crippen molar-refractivity contribution >= 4 is 11.7 Å². The van der Waals surface area contributed by atoms with Crippen molar-refractivity contribution in [3.05, 3.63) is 48.2 Å². The molecule has 0 aliphatic carbocycles. The lowest BCUT2D eigenvalue weighted by atomic mass is 10.1. The Labute approximate surface area is 98.7 Å². The highest BCUT2D eigenvalue weighted by molar-refractivity contribution is 5.93. The molecular formula is C12H13N3O2. The first-order valence-corrected chi connectivity index (χ1v) is 5.20. The van der Waals surface area contributed by atoms with Gasteiger partial charge in [0.25, 0.3) is 5.91 Å². The van der Waals surface area contributed by atoms with E-state index < -0.39 is 12.0 Å². The lowest BCUT2D eigenvalue weighted by molar-refractivity contribution is -0.124. The summed E-state index contributed by atoms with van der Waals surface area (Å²) in [7, 11) is 1.71. The lowest BCUT2D eigenvalue weighted by Gasteiger charge is -2.11. The van der Waals surface area contributed by atoms with Crippen molar-refractivity contribution in [2.45, 2.75) is 6.10 Å². The Morgan fingerprint density at radius 3 is 2.65 bits per heavy atom. The summed E-state index contributed by atoms with van der Waals surface area (Å²) < 4.78 is 1.52. The molecule has 5 heteroatoms. The highest BCUT2D eigenvalue weighted by Crippen LogP contribution is 2.14. The number of benzene rings is 1. The van der Waals surface area contributed by atoms with E-state index in [-0.39, 0.29) is 0 Å². The van der Waals surface area contributed by atoms with Crippen LogP contribution in [0.25, 0.3) is 0 Å². The molecule has 2 N–H and O–H groups in total. The number of nitrogens with zero attached hydrogens (tertiary/aromatic N) is 2. The van der Waals surface area contributed by atoms with E-state index in [0.29, 0.717) is 11.4 Å². The van der Waals surface area contributed by atoms with Gasteiger partial charge in [-0.05, 0) is 5.56 Å². The minimum absolute atomic E-state index is 0.472. The molecule has 1 atom stereocenters. The number of aliphatic hydroxyl groups excluding tert-OH is 1. The van der Waals surface area contributed by atoms with Crippen LogP contribution in [0.4, 0.5) is 5.82 Å². The van der Waals surface area contributed by atoms with Gasteiger partial charge in [0.1, 0.15) is 5.82 Å². The molecule has 1 aromatic heterocycles. The molecule has 0 saturated heterocycles. The molecule has 2 rings (SSSR count). The molecular weight excluding hydrogens is 218 g/mol. The highest BCUT2D eigenvalue weighted by atomic mass is 16.3. The van der Waals surface area contributed by atoms with Gasteiger partial charge in [-0.3, -0.25) is 9.48 Å². The SMILES string of the molecule is Cn1nccc1NC(=O)C(O)c1ccccc1. The second-order valence-electron chi connectivity index (χ2n) is 3.64. The molecule has 0 aliphatic heterocycles. The summed E-state index contributed by atoms with van der Waals surface area (Å²) in [6.07, 6.45) is 0.399. The van der Waals surface area contributed by atoms with Gasteiger partial charge in [-0.15, -0.1) is 0 Å². The zero-order valence-electron chi connectivity index (χ0n) is 9.37. The third-order valence-corrected chi connectivity index (χ3v) is 2.44. The molecule has 2 aromatic rings. The molecule has 0 radical (unpaired) electrons. The van der Waals surface area contributed by atoms with Gasteiger partial charge in [0.05, 0.1) is 6.20 Å². The van der Waals surface area contributed by atoms with Crippen molar-refractivity contribution < 1.29 is 9.90 Å². The Morgan fingerprint density at radius 2 is 2.06 bits per heavy atom. The highest BCUT2D eigenvalue weighted by Gasteiger charge is 2.17. The molecule has 0 spiro atoms. The first-order chi connectivity index (χ1) is 8.18. The normalized spacial score (nSPS) is 12.1. The smallest absolute Gasteiger partial charge is 0.258 e. The summed E-state index contributed by atoms with van der Waals surface area (Å²) >= 11 is 0. The molecule has 88 valence electrons. The minimum Gasteiger partial charge on any atom is -0.378 e. The van der Waals surface area contributed by atoms with Crippen LogP contribution in [-0.2, 0) is 11.8 Å². The quantitative estimate of drug-likeness (QED) is 0.831. The molecule has 0 bridgehead atoms. The van der Waals surface area contributed by atoms with Gasteiger partial charge in [-0.1, -0.05) is 30.3 Å². The number of aromatic nitrogens is 2. The molecule has 17 heavy (non-hydrogen) atoms. The average Bonchev–Trinajstić information content (AvgIpc) is 2.75. The maximum absolute atomic E-state index is 11.8. The van der Waals surface area contributed by atoms with Gasteiger partial charge in [-0.25, -0.2) is 0 Å². The largest absolute Gasteiger partial charge is 0.378 e. The molecule has 1 amide bonds. The van der Waals surface area contributed by atoms with Crippen LogP contribution in [-0.4, -0.2) is 20.8 Å². The van der Waals surface area contributed by atoms with Crippen LogP contribution in [0.3, 0.4) is 0 Å². The Hall–Kier alpha value is -2.14. The zero-order valence-corrected chi connectivity index (χ0v) is 9.37. The Morgan fingerprint density at radius 1 is 1.35 bits per heavy atom. The zero-order chi connectivity index (χ0) is 12.3. The van der Waals surface area contributed by atoms with Crippen molar-refractivity contribution in [3.63, 3.8) is 0 Å². The van der Waals surface area contributed by atoms with E-state index in [1.807, 2.05) is 6.07 Å². The standard InChI is InChI=1S/C12H13N3O2/c1-15-10(7-8-13-15)14-12(17)11(16)9-5-3-2-4-6-9/h2-8,11,16H,1H3,(H,14,17). The third kappa shape index (κ3) is 2.51. The summed E-state index contributed by atoms with van der Waals surface area (Å²) in [5.74, 6) is 0.0739. The number of amides is 1. The van der Waals surface area contributed by atoms with Crippen molar-refractivity contribution in [2.24, 2.45) is 7.05 Å². The summed E-state index contributed by atoms with van der Waals surface area (Å²) in [5.41, 5.74) is 0.562. The van der Waals surface area contributed by atoms with Crippen molar-refractivity contribution in [2.75, 3.05) is 5.32 Å². The van der Waals surface area contributed by atoms with E-state index in [9.17, 15) is 9.90 Å². The van der Waals surface area contributed by atoms with Gasteiger partial charge in [0.2, 0.25) is 0 Å². The van der Waals surface area contributed by atoms with Crippen LogP contribution in [0.1, 0.15) is 11.7 Å². The van der Waals surface area contributed by atoms with Gasteiger partial charge >= 0.3 is 0 Å². The minimum atomic E-state index is -1.17. The Bertz CT molecular complexity index is 507. The van der Waals surface area contributed by atoms with E-state index in [1.54, 1.807) is 43.6 Å². The second-order valence-corrected chi connectivity index (χ2v) is 3.64. The monoisotopic (exact) mass is 231 g/mol. The summed E-state index contributed by atoms with van der Waals surface area (Å²) in [6, 6.07) is 10.4. The maximum atomic E-state index is 11.8. The number of nitrogens with one attached hydrogen (secondary N) is 1. The number of aliphatic hydroxyl groups is 1. The Kier molecular flexibility index (Phi) is 3.20. The number of hydrogen-bond donors (Lipinski definition) is 2. The number of anilines is 1. The van der Waals surface area contributed by atoms with Crippen molar-refractivity contribution in [3.8, 4) is 0 Å². The van der Waals surface area contributed by atoms with E-state index in [0.717, 1.165) is 0 Å². The maximum Gasteiger partial charge on any atom is 0.258 e. The molecule has 0 aliphatic rings. The van der Waals surface area contributed by atoms with Gasteiger partial charge in [0, 0.05) is 13.1 Å². The lowest BCUT2D eigenvalue weighted by Crippen LogP contribution is -2.22. The predicted molar refractivity (Wildman–Crippen MR) is 63.2 cm³/mol. The van der Waals surface area contributed by atoms with Crippen LogP contribution in [0, 0.1) is 0 Å². The van der Waals surface area contributed by atoms with Crippen molar-refractivity contribution in [1.29, 1.82) is 0 Å². The van der Waals surface area contributed by atoms with E-state index >= 15 is 0 Å². The summed E-state index contributed by atoms with van der Waals surface area (Å²) in [4.78, 5) is 11.8. The second kappa shape index (κ2) is 4.80. The van der Waals surface area contributed by atoms with Gasteiger partial charge in [-0.2, -0.15) is 5.10 Å². The molecule has 5 nitrogen and oxygen atoms in total. The first kappa shape index (κ1) is 11.3. The number of rotatable bonds is 3. The number of carbonyl (C=O) groups is 1. The average molecular weight is 231 g/mol. The van der Waals surface area contributed by atoms with Gasteiger partial charge < -0.3 is 10.4 Å². The topological polar surface area (TPSA) is 67.2 Å². The number of aryl methyl sites for hydroxylation is 1. The first-order valence-electron chi connectivity index (χ1n) is 5.20. The van der Waals surface area contributed by atoms with Gasteiger partial charge in [0.15, 0.2) is 6.10 Å². The van der Waals surface area contributed by atoms with Crippen LogP contribution >= 0.6 is 0 Å². The summed E-state index contributed by atoms with van der Waals surface area (Å²) in [6.45, 7) is 0. The number of carbonyl (C=O) groups excluding carboxylic acids is 1. The van der Waals surface area contributed by atoms with Crippen LogP contribution in [0.15, 0.2) is 42.6 Å². The molecule has 1 aromatic carbocycles. The Balaban J connectivity index is 2.09. The molecule has 1 unspecified atom stereocenters. The summed E-state index contributed by atoms with van der Waals surface area (Å²) in [5, 5.41) is 16.4. The van der Waals surface area contributed by atoms with E-state index in [4.69, 9.17) is 0 Å². The van der Waals surface area contributed by atoms with E-state index in [1.165, 1.54) is 4.68 Å². The fraction of sp³-hybridized carbons (Fsp3) is 0.167.